The van der Waals surface area contributed by atoms with Crippen LogP contribution < -0.4 is 0 Å². The molecule has 3 heterocycles. The SMILES string of the molecule is OCC1(CN2CCn3ccnc3C2)CCOCC1. The van der Waals surface area contributed by atoms with E-state index >= 15 is 0 Å². The molecule has 0 amide bonds. The van der Waals surface area contributed by atoms with Crippen LogP contribution in [0.15, 0.2) is 12.4 Å². The van der Waals surface area contributed by atoms with Gasteiger partial charge in [0.2, 0.25) is 0 Å². The first-order valence-electron chi connectivity index (χ1n) is 6.72. The summed E-state index contributed by atoms with van der Waals surface area (Å²) in [7, 11) is 0. The Bertz CT molecular complexity index is 399. The van der Waals surface area contributed by atoms with Crippen molar-refractivity contribution in [1.82, 2.24) is 14.5 Å². The molecule has 0 spiro atoms. The number of rotatable bonds is 3. The highest BCUT2D eigenvalue weighted by Gasteiger charge is 2.34. The van der Waals surface area contributed by atoms with E-state index in [0.717, 1.165) is 58.1 Å². The topological polar surface area (TPSA) is 50.5 Å². The van der Waals surface area contributed by atoms with E-state index < -0.39 is 0 Å². The lowest BCUT2D eigenvalue weighted by Gasteiger charge is -2.40. The van der Waals surface area contributed by atoms with E-state index in [-0.39, 0.29) is 12.0 Å². The molecule has 100 valence electrons. The molecule has 1 N–H and O–H groups in total. The van der Waals surface area contributed by atoms with Gasteiger partial charge >= 0.3 is 0 Å². The molecule has 0 aromatic carbocycles. The number of hydrogen-bond donors (Lipinski definition) is 1. The number of fused-ring (bicyclic) bond motifs is 1. The second-order valence-corrected chi connectivity index (χ2v) is 5.52. The van der Waals surface area contributed by atoms with Gasteiger partial charge in [0, 0.05) is 50.7 Å². The van der Waals surface area contributed by atoms with Crippen LogP contribution in [0.3, 0.4) is 0 Å². The maximum absolute atomic E-state index is 9.72. The van der Waals surface area contributed by atoms with Crippen LogP contribution in [-0.4, -0.2) is 52.5 Å². The number of aliphatic hydroxyl groups excluding tert-OH is 1. The van der Waals surface area contributed by atoms with Gasteiger partial charge in [0.15, 0.2) is 0 Å². The molecule has 2 aliphatic heterocycles. The highest BCUT2D eigenvalue weighted by atomic mass is 16.5. The van der Waals surface area contributed by atoms with E-state index in [2.05, 4.69) is 14.5 Å². The smallest absolute Gasteiger partial charge is 0.122 e. The molecule has 1 aromatic heterocycles. The van der Waals surface area contributed by atoms with Gasteiger partial charge < -0.3 is 14.4 Å². The molecule has 0 radical (unpaired) electrons. The van der Waals surface area contributed by atoms with Crippen molar-refractivity contribution in [3.8, 4) is 0 Å². The van der Waals surface area contributed by atoms with Gasteiger partial charge in [0.25, 0.3) is 0 Å². The van der Waals surface area contributed by atoms with Crippen molar-refractivity contribution in [3.05, 3.63) is 18.2 Å². The van der Waals surface area contributed by atoms with Crippen molar-refractivity contribution < 1.29 is 9.84 Å². The molecule has 1 saturated heterocycles. The van der Waals surface area contributed by atoms with Crippen molar-refractivity contribution in [2.24, 2.45) is 5.41 Å². The summed E-state index contributed by atoms with van der Waals surface area (Å²) >= 11 is 0. The molecule has 3 rings (SSSR count). The van der Waals surface area contributed by atoms with Crippen LogP contribution in [0, 0.1) is 5.41 Å². The third kappa shape index (κ3) is 2.30. The zero-order valence-electron chi connectivity index (χ0n) is 10.7. The van der Waals surface area contributed by atoms with E-state index in [9.17, 15) is 5.11 Å². The van der Waals surface area contributed by atoms with E-state index in [4.69, 9.17) is 4.74 Å². The minimum Gasteiger partial charge on any atom is -0.396 e. The van der Waals surface area contributed by atoms with Crippen molar-refractivity contribution in [1.29, 1.82) is 0 Å². The Morgan fingerprint density at radius 1 is 1.33 bits per heavy atom. The molecule has 5 nitrogen and oxygen atoms in total. The molecular weight excluding hydrogens is 230 g/mol. The third-order valence-corrected chi connectivity index (χ3v) is 4.27. The Morgan fingerprint density at radius 3 is 2.94 bits per heavy atom. The van der Waals surface area contributed by atoms with E-state index in [0.29, 0.717) is 0 Å². The Hall–Kier alpha value is -0.910. The average molecular weight is 251 g/mol. The summed E-state index contributed by atoms with van der Waals surface area (Å²) in [6.45, 7) is 5.74. The Balaban J connectivity index is 1.66. The van der Waals surface area contributed by atoms with Gasteiger partial charge in [-0.25, -0.2) is 4.98 Å². The molecule has 1 fully saturated rings. The monoisotopic (exact) mass is 251 g/mol. The molecule has 0 unspecified atom stereocenters. The molecule has 18 heavy (non-hydrogen) atoms. The van der Waals surface area contributed by atoms with Gasteiger partial charge in [0.1, 0.15) is 5.82 Å². The maximum atomic E-state index is 9.72. The molecule has 2 aliphatic rings. The fourth-order valence-corrected chi connectivity index (χ4v) is 3.00. The van der Waals surface area contributed by atoms with Crippen LogP contribution >= 0.6 is 0 Å². The molecule has 0 bridgehead atoms. The lowest BCUT2D eigenvalue weighted by Crippen LogP contribution is -2.46. The van der Waals surface area contributed by atoms with E-state index in [1.54, 1.807) is 0 Å². The normalized spacial score (nSPS) is 23.8. The lowest BCUT2D eigenvalue weighted by molar-refractivity contribution is -0.0380. The van der Waals surface area contributed by atoms with Gasteiger partial charge in [-0.3, -0.25) is 4.90 Å². The number of aliphatic hydroxyl groups is 1. The van der Waals surface area contributed by atoms with Crippen molar-refractivity contribution in [2.45, 2.75) is 25.9 Å². The molecular formula is C13H21N3O2. The van der Waals surface area contributed by atoms with Gasteiger partial charge in [-0.1, -0.05) is 0 Å². The predicted molar refractivity (Wildman–Crippen MR) is 67.1 cm³/mol. The summed E-state index contributed by atoms with van der Waals surface area (Å²) in [5.74, 6) is 1.14. The van der Waals surface area contributed by atoms with Gasteiger partial charge in [-0.05, 0) is 12.8 Å². The van der Waals surface area contributed by atoms with Gasteiger partial charge in [0.05, 0.1) is 13.2 Å². The van der Waals surface area contributed by atoms with Crippen LogP contribution in [0.25, 0.3) is 0 Å². The van der Waals surface area contributed by atoms with Crippen molar-refractivity contribution in [3.63, 3.8) is 0 Å². The van der Waals surface area contributed by atoms with Gasteiger partial charge in [-0.2, -0.15) is 0 Å². The molecule has 0 aliphatic carbocycles. The van der Waals surface area contributed by atoms with Crippen LogP contribution in [0.2, 0.25) is 0 Å². The first kappa shape index (κ1) is 12.1. The highest BCUT2D eigenvalue weighted by molar-refractivity contribution is 4.97. The van der Waals surface area contributed by atoms with Crippen LogP contribution in [0.1, 0.15) is 18.7 Å². The summed E-state index contributed by atoms with van der Waals surface area (Å²) in [6, 6.07) is 0. The van der Waals surface area contributed by atoms with Crippen LogP contribution in [-0.2, 0) is 17.8 Å². The molecule has 5 heteroatoms. The number of nitrogens with zero attached hydrogens (tertiary/aromatic N) is 3. The second kappa shape index (κ2) is 4.99. The second-order valence-electron chi connectivity index (χ2n) is 5.52. The first-order valence-corrected chi connectivity index (χ1v) is 6.72. The molecule has 0 atom stereocenters. The van der Waals surface area contributed by atoms with E-state index in [1.807, 2.05) is 12.4 Å². The minimum absolute atomic E-state index is 0.0347. The number of aromatic nitrogens is 2. The lowest BCUT2D eigenvalue weighted by atomic mass is 9.80. The number of ether oxygens (including phenoxy) is 1. The van der Waals surface area contributed by atoms with Crippen molar-refractivity contribution in [2.75, 3.05) is 32.9 Å². The Morgan fingerprint density at radius 2 is 2.17 bits per heavy atom. The molecule has 0 saturated carbocycles. The Labute approximate surface area is 107 Å². The largest absolute Gasteiger partial charge is 0.396 e. The first-order chi connectivity index (χ1) is 8.81. The standard InChI is InChI=1S/C13H21N3O2/c17-11-13(1-7-18-8-2-13)10-15-5-6-16-4-3-14-12(16)9-15/h3-4,17H,1-2,5-11H2. The summed E-state index contributed by atoms with van der Waals surface area (Å²) < 4.78 is 7.63. The number of imidazole rings is 1. The van der Waals surface area contributed by atoms with Crippen molar-refractivity contribution >= 4 is 0 Å². The highest BCUT2D eigenvalue weighted by Crippen LogP contribution is 2.31. The molecule has 1 aromatic rings. The zero-order chi connectivity index (χ0) is 12.4. The van der Waals surface area contributed by atoms with Crippen LogP contribution in [0.5, 0.6) is 0 Å². The Kier molecular flexibility index (Phi) is 3.37. The summed E-state index contributed by atoms with van der Waals surface area (Å²) in [6.07, 6.45) is 5.85. The third-order valence-electron chi connectivity index (χ3n) is 4.27. The summed E-state index contributed by atoms with van der Waals surface area (Å²) in [4.78, 5) is 6.80. The van der Waals surface area contributed by atoms with Crippen LogP contribution in [0.4, 0.5) is 0 Å². The minimum atomic E-state index is 0.0347. The zero-order valence-corrected chi connectivity index (χ0v) is 10.7. The maximum Gasteiger partial charge on any atom is 0.122 e. The predicted octanol–water partition coefficient (Wildman–Crippen LogP) is 0.488. The quantitative estimate of drug-likeness (QED) is 0.849. The fourth-order valence-electron chi connectivity index (χ4n) is 3.00. The average Bonchev–Trinajstić information content (AvgIpc) is 2.87. The van der Waals surface area contributed by atoms with E-state index in [1.165, 1.54) is 0 Å². The van der Waals surface area contributed by atoms with Gasteiger partial charge in [-0.15, -0.1) is 0 Å². The summed E-state index contributed by atoms with van der Waals surface area (Å²) in [5, 5.41) is 9.72. The fraction of sp³-hybridized carbons (Fsp3) is 0.769. The number of hydrogen-bond acceptors (Lipinski definition) is 4. The summed E-state index contributed by atoms with van der Waals surface area (Å²) in [5.41, 5.74) is 0.0347.